The fourth-order valence-electron chi connectivity index (χ4n) is 2.38. The predicted octanol–water partition coefficient (Wildman–Crippen LogP) is 3.44. The summed E-state index contributed by atoms with van der Waals surface area (Å²) in [6.07, 6.45) is 0. The quantitative estimate of drug-likeness (QED) is 0.713. The minimum Gasteiger partial charge on any atom is -0.325 e. The number of ketones is 1. The lowest BCUT2D eigenvalue weighted by atomic mass is 10.1. The molecule has 2 N–H and O–H groups in total. The summed E-state index contributed by atoms with van der Waals surface area (Å²) >= 11 is 6.03. The average molecular weight is 388 g/mol. The lowest BCUT2D eigenvalue weighted by Crippen LogP contribution is -2.43. The molecule has 0 aromatic heterocycles. The van der Waals surface area contributed by atoms with Gasteiger partial charge in [-0.2, -0.15) is 0 Å². The SMILES string of the molecule is CC(=O)c1cccc(NC(=O)[C@H](C)N(C)CC(=O)Nc2ccccc2Cl)c1. The van der Waals surface area contributed by atoms with Crippen LogP contribution < -0.4 is 10.6 Å². The number of hydrogen-bond donors (Lipinski definition) is 2. The molecule has 2 amide bonds. The summed E-state index contributed by atoms with van der Waals surface area (Å²) in [5.41, 5.74) is 1.58. The number of amides is 2. The first-order chi connectivity index (χ1) is 12.8. The number of para-hydroxylation sites is 1. The molecule has 142 valence electrons. The number of hydrogen-bond acceptors (Lipinski definition) is 4. The summed E-state index contributed by atoms with van der Waals surface area (Å²) in [4.78, 5) is 37.7. The van der Waals surface area contributed by atoms with Crippen LogP contribution in [-0.2, 0) is 9.59 Å². The summed E-state index contributed by atoms with van der Waals surface area (Å²) in [5.74, 6) is -0.625. The monoisotopic (exact) mass is 387 g/mol. The van der Waals surface area contributed by atoms with Crippen LogP contribution in [0.1, 0.15) is 24.2 Å². The maximum Gasteiger partial charge on any atom is 0.241 e. The van der Waals surface area contributed by atoms with E-state index in [1.165, 1.54) is 6.92 Å². The number of nitrogens with one attached hydrogen (secondary N) is 2. The van der Waals surface area contributed by atoms with Crippen LogP contribution in [0.2, 0.25) is 5.02 Å². The fraction of sp³-hybridized carbons (Fsp3) is 0.250. The van der Waals surface area contributed by atoms with Gasteiger partial charge in [0.1, 0.15) is 0 Å². The third-order valence-electron chi connectivity index (χ3n) is 4.12. The molecule has 2 rings (SSSR count). The van der Waals surface area contributed by atoms with Crippen LogP contribution in [0, 0.1) is 0 Å². The average Bonchev–Trinajstić information content (AvgIpc) is 2.63. The number of carbonyl (C=O) groups excluding carboxylic acids is 3. The molecule has 0 bridgehead atoms. The van der Waals surface area contributed by atoms with Crippen LogP contribution in [0.4, 0.5) is 11.4 Å². The van der Waals surface area contributed by atoms with Gasteiger partial charge >= 0.3 is 0 Å². The summed E-state index contributed by atoms with van der Waals surface area (Å²) in [7, 11) is 1.68. The largest absolute Gasteiger partial charge is 0.325 e. The molecule has 0 aliphatic carbocycles. The second-order valence-corrected chi connectivity index (χ2v) is 6.65. The Kier molecular flexibility index (Phi) is 7.10. The highest BCUT2D eigenvalue weighted by molar-refractivity contribution is 6.33. The highest BCUT2D eigenvalue weighted by Gasteiger charge is 2.20. The first-order valence-electron chi connectivity index (χ1n) is 8.44. The molecule has 0 aliphatic heterocycles. The Morgan fingerprint density at radius 2 is 1.78 bits per heavy atom. The standard InChI is InChI=1S/C20H22ClN3O3/c1-13(20(27)22-16-8-6-7-15(11-16)14(2)25)24(3)12-19(26)23-18-10-5-4-9-17(18)21/h4-11,13H,12H2,1-3H3,(H,22,27)(H,23,26)/t13-/m0/s1. The zero-order valence-corrected chi connectivity index (χ0v) is 16.2. The Morgan fingerprint density at radius 3 is 2.44 bits per heavy atom. The van der Waals surface area contributed by atoms with Gasteiger partial charge in [0.05, 0.1) is 23.3 Å². The first kappa shape index (κ1) is 20.6. The topological polar surface area (TPSA) is 78.5 Å². The molecule has 0 unspecified atom stereocenters. The van der Waals surface area contributed by atoms with Crippen LogP contribution in [0.5, 0.6) is 0 Å². The molecule has 0 radical (unpaired) electrons. The normalized spacial score (nSPS) is 11.7. The van der Waals surface area contributed by atoms with E-state index in [9.17, 15) is 14.4 Å². The van der Waals surface area contributed by atoms with Crippen molar-refractivity contribution in [2.75, 3.05) is 24.2 Å². The van der Waals surface area contributed by atoms with E-state index >= 15 is 0 Å². The van der Waals surface area contributed by atoms with E-state index in [2.05, 4.69) is 10.6 Å². The highest BCUT2D eigenvalue weighted by atomic mass is 35.5. The Balaban J connectivity index is 1.93. The van der Waals surface area contributed by atoms with Crippen molar-refractivity contribution in [2.45, 2.75) is 19.9 Å². The minimum absolute atomic E-state index is 0.0211. The Bertz CT molecular complexity index is 854. The summed E-state index contributed by atoms with van der Waals surface area (Å²) < 4.78 is 0. The van der Waals surface area contributed by atoms with Gasteiger partial charge in [-0.15, -0.1) is 0 Å². The molecule has 7 heteroatoms. The minimum atomic E-state index is -0.553. The molecule has 0 spiro atoms. The van der Waals surface area contributed by atoms with Gasteiger partial charge in [0.2, 0.25) is 11.8 Å². The van der Waals surface area contributed by atoms with Gasteiger partial charge in [0.25, 0.3) is 0 Å². The van der Waals surface area contributed by atoms with Gasteiger partial charge < -0.3 is 10.6 Å². The lowest BCUT2D eigenvalue weighted by molar-refractivity contribution is -0.122. The molecule has 1 atom stereocenters. The van der Waals surface area contributed by atoms with Crippen molar-refractivity contribution in [1.29, 1.82) is 0 Å². The molecular formula is C20H22ClN3O3. The van der Waals surface area contributed by atoms with E-state index < -0.39 is 6.04 Å². The van der Waals surface area contributed by atoms with E-state index in [0.29, 0.717) is 22.0 Å². The van der Waals surface area contributed by atoms with Crippen molar-refractivity contribution in [1.82, 2.24) is 4.90 Å². The van der Waals surface area contributed by atoms with Gasteiger partial charge in [-0.3, -0.25) is 19.3 Å². The number of rotatable bonds is 7. The van der Waals surface area contributed by atoms with E-state index in [-0.39, 0.29) is 24.1 Å². The van der Waals surface area contributed by atoms with Crippen LogP contribution in [0.15, 0.2) is 48.5 Å². The molecule has 0 aliphatic rings. The van der Waals surface area contributed by atoms with E-state index in [4.69, 9.17) is 11.6 Å². The Morgan fingerprint density at radius 1 is 1.07 bits per heavy atom. The smallest absolute Gasteiger partial charge is 0.241 e. The summed E-state index contributed by atoms with van der Waals surface area (Å²) in [6, 6.07) is 13.1. The van der Waals surface area contributed by atoms with E-state index in [1.54, 1.807) is 67.4 Å². The van der Waals surface area contributed by atoms with E-state index in [1.807, 2.05) is 0 Å². The maximum atomic E-state index is 12.4. The van der Waals surface area contributed by atoms with E-state index in [0.717, 1.165) is 0 Å². The molecule has 6 nitrogen and oxygen atoms in total. The van der Waals surface area contributed by atoms with Crippen molar-refractivity contribution < 1.29 is 14.4 Å². The van der Waals surface area contributed by atoms with Gasteiger partial charge in [-0.25, -0.2) is 0 Å². The van der Waals surface area contributed by atoms with Crippen molar-refractivity contribution >= 4 is 40.6 Å². The number of Topliss-reactive ketones (excluding diaryl/α,β-unsaturated/α-hetero) is 1. The van der Waals surface area contributed by atoms with Crippen LogP contribution in [0.3, 0.4) is 0 Å². The second-order valence-electron chi connectivity index (χ2n) is 6.25. The van der Waals surface area contributed by atoms with Crippen LogP contribution in [0.25, 0.3) is 0 Å². The van der Waals surface area contributed by atoms with Crippen LogP contribution >= 0.6 is 11.6 Å². The zero-order chi connectivity index (χ0) is 20.0. The van der Waals surface area contributed by atoms with Gasteiger partial charge in [0.15, 0.2) is 5.78 Å². The van der Waals surface area contributed by atoms with Gasteiger partial charge in [-0.1, -0.05) is 35.9 Å². The molecule has 0 saturated carbocycles. The molecule has 2 aromatic carbocycles. The molecule has 27 heavy (non-hydrogen) atoms. The van der Waals surface area contributed by atoms with Crippen molar-refractivity contribution in [2.24, 2.45) is 0 Å². The lowest BCUT2D eigenvalue weighted by Gasteiger charge is -2.23. The second kappa shape index (κ2) is 9.30. The number of anilines is 2. The van der Waals surface area contributed by atoms with Crippen LogP contribution in [-0.4, -0.2) is 42.1 Å². The Labute approximate surface area is 163 Å². The number of benzene rings is 2. The predicted molar refractivity (Wildman–Crippen MR) is 107 cm³/mol. The fourth-order valence-corrected chi connectivity index (χ4v) is 2.56. The molecule has 0 fully saturated rings. The van der Waals surface area contributed by atoms with Gasteiger partial charge in [-0.05, 0) is 45.2 Å². The van der Waals surface area contributed by atoms with Crippen molar-refractivity contribution in [3.63, 3.8) is 0 Å². The third kappa shape index (κ3) is 5.91. The zero-order valence-electron chi connectivity index (χ0n) is 15.5. The highest BCUT2D eigenvalue weighted by Crippen LogP contribution is 2.20. The third-order valence-corrected chi connectivity index (χ3v) is 4.45. The van der Waals surface area contributed by atoms with Gasteiger partial charge in [0, 0.05) is 11.3 Å². The van der Waals surface area contributed by atoms with Crippen molar-refractivity contribution in [3.05, 3.63) is 59.1 Å². The number of nitrogens with zero attached hydrogens (tertiary/aromatic N) is 1. The molecular weight excluding hydrogens is 366 g/mol. The molecule has 0 saturated heterocycles. The number of halogens is 1. The number of likely N-dealkylation sites (N-methyl/N-ethyl adjacent to an activating group) is 1. The maximum absolute atomic E-state index is 12.4. The molecule has 2 aromatic rings. The summed E-state index contributed by atoms with van der Waals surface area (Å²) in [5, 5.41) is 5.94. The number of carbonyl (C=O) groups is 3. The Hall–Kier alpha value is -2.70. The van der Waals surface area contributed by atoms with Crippen molar-refractivity contribution in [3.8, 4) is 0 Å². The first-order valence-corrected chi connectivity index (χ1v) is 8.82. The molecule has 0 heterocycles. The summed E-state index contributed by atoms with van der Waals surface area (Å²) in [6.45, 7) is 3.19.